The van der Waals surface area contributed by atoms with Crippen molar-refractivity contribution in [3.63, 3.8) is 0 Å². The van der Waals surface area contributed by atoms with Crippen molar-refractivity contribution in [2.24, 2.45) is 11.8 Å². The van der Waals surface area contributed by atoms with E-state index in [2.05, 4.69) is 15.6 Å². The molecule has 38 heavy (non-hydrogen) atoms. The molecule has 10 nitrogen and oxygen atoms in total. The highest BCUT2D eigenvalue weighted by Gasteiger charge is 2.34. The molecule has 0 saturated heterocycles. The summed E-state index contributed by atoms with van der Waals surface area (Å²) in [6.07, 6.45) is 0.532. The van der Waals surface area contributed by atoms with Gasteiger partial charge in [0, 0.05) is 6.42 Å². The van der Waals surface area contributed by atoms with Crippen LogP contribution in [-0.4, -0.2) is 44.5 Å². The van der Waals surface area contributed by atoms with Crippen LogP contribution in [0.3, 0.4) is 0 Å². The summed E-state index contributed by atoms with van der Waals surface area (Å²) >= 11 is 0. The van der Waals surface area contributed by atoms with Crippen LogP contribution in [0, 0.1) is 11.8 Å². The van der Waals surface area contributed by atoms with Crippen LogP contribution in [0.25, 0.3) is 10.9 Å². The average molecular weight is 523 g/mol. The van der Waals surface area contributed by atoms with E-state index < -0.39 is 47.2 Å². The van der Waals surface area contributed by atoms with Crippen molar-refractivity contribution in [2.45, 2.75) is 58.7 Å². The fourth-order valence-corrected chi connectivity index (χ4v) is 4.31. The summed E-state index contributed by atoms with van der Waals surface area (Å²) in [6, 6.07) is 12.0. The van der Waals surface area contributed by atoms with E-state index in [1.165, 1.54) is 0 Å². The van der Waals surface area contributed by atoms with Gasteiger partial charge in [0.2, 0.25) is 11.8 Å². The Hall–Kier alpha value is -4.21. The fraction of sp³-hybridized carbons (Fsp3) is 0.393. The summed E-state index contributed by atoms with van der Waals surface area (Å²) in [7, 11) is 0. The fourth-order valence-electron chi connectivity index (χ4n) is 4.31. The molecule has 0 unspecified atom stereocenters. The third-order valence-corrected chi connectivity index (χ3v) is 6.75. The maximum atomic E-state index is 13.8. The van der Waals surface area contributed by atoms with Crippen LogP contribution in [0.2, 0.25) is 0 Å². The quantitative estimate of drug-likeness (QED) is 0.303. The van der Waals surface area contributed by atoms with Crippen LogP contribution >= 0.6 is 0 Å². The van der Waals surface area contributed by atoms with E-state index in [1.807, 2.05) is 13.0 Å². The van der Waals surface area contributed by atoms with Crippen LogP contribution < -0.4 is 21.9 Å². The molecule has 0 aliphatic rings. The molecule has 1 aromatic heterocycles. The highest BCUT2D eigenvalue weighted by atomic mass is 16.4. The summed E-state index contributed by atoms with van der Waals surface area (Å²) in [4.78, 5) is 67.8. The number of carboxylic acids is 1. The molecule has 0 spiro atoms. The summed E-state index contributed by atoms with van der Waals surface area (Å²) in [5.74, 6) is -3.27. The predicted molar refractivity (Wildman–Crippen MR) is 144 cm³/mol. The van der Waals surface area contributed by atoms with E-state index in [0.29, 0.717) is 17.5 Å². The first-order chi connectivity index (χ1) is 18.0. The number of amides is 2. The number of carboxylic acid groups (broad SMARTS) is 1. The summed E-state index contributed by atoms with van der Waals surface area (Å²) in [5.41, 5.74) is -0.318. The molecule has 2 amide bonds. The van der Waals surface area contributed by atoms with Gasteiger partial charge in [-0.05, 0) is 29.5 Å². The number of aromatic nitrogens is 2. The number of aromatic amines is 1. The Morgan fingerprint density at radius 2 is 1.50 bits per heavy atom. The normalized spacial score (nSPS) is 14.4. The molecule has 0 aliphatic heterocycles. The van der Waals surface area contributed by atoms with Gasteiger partial charge in [-0.3, -0.25) is 14.4 Å². The Morgan fingerprint density at radius 1 is 0.895 bits per heavy atom. The van der Waals surface area contributed by atoms with Crippen LogP contribution in [0.1, 0.15) is 45.7 Å². The van der Waals surface area contributed by atoms with Crippen molar-refractivity contribution in [3.8, 4) is 0 Å². The largest absolute Gasteiger partial charge is 0.480 e. The van der Waals surface area contributed by atoms with Gasteiger partial charge in [0.05, 0.1) is 10.9 Å². The first-order valence-corrected chi connectivity index (χ1v) is 12.7. The standard InChI is InChI=1S/C28H34N4O6/c1-5-17(4)23(25(34)30-22(16(2)3)27(36)37)31-24(33)21(15-18-11-7-6-8-12-18)32-26(35)19-13-9-10-14-20(19)29-28(32)38/h6-14,16-17,21-23H,5,15H2,1-4H3,(H,29,38)(H,30,34)(H,31,33)(H,36,37)/t17-,21+,22+,23+/m1/s1. The Balaban J connectivity index is 2.04. The minimum Gasteiger partial charge on any atom is -0.480 e. The topological polar surface area (TPSA) is 150 Å². The lowest BCUT2D eigenvalue weighted by Gasteiger charge is -2.28. The number of para-hydroxylation sites is 1. The lowest BCUT2D eigenvalue weighted by molar-refractivity contribution is -0.143. The third-order valence-electron chi connectivity index (χ3n) is 6.75. The Morgan fingerprint density at radius 3 is 2.11 bits per heavy atom. The summed E-state index contributed by atoms with van der Waals surface area (Å²) < 4.78 is 0.879. The maximum absolute atomic E-state index is 13.8. The van der Waals surface area contributed by atoms with Gasteiger partial charge in [-0.2, -0.15) is 0 Å². The third kappa shape index (κ3) is 6.37. The SMILES string of the molecule is CC[C@@H](C)[C@H](NC(=O)[C@H](Cc1ccccc1)n1c(=O)[nH]c2ccccc2c1=O)C(=O)N[C@H](C(=O)O)C(C)C. The van der Waals surface area contributed by atoms with E-state index in [0.717, 1.165) is 4.57 Å². The molecule has 202 valence electrons. The van der Waals surface area contributed by atoms with Crippen LogP contribution in [0.5, 0.6) is 0 Å². The molecule has 0 aliphatic carbocycles. The number of nitrogens with one attached hydrogen (secondary N) is 3. The van der Waals surface area contributed by atoms with Crippen LogP contribution in [-0.2, 0) is 20.8 Å². The highest BCUT2D eigenvalue weighted by molar-refractivity contribution is 5.92. The number of fused-ring (bicyclic) bond motifs is 1. The molecule has 0 radical (unpaired) electrons. The second kappa shape index (κ2) is 12.4. The molecule has 4 N–H and O–H groups in total. The predicted octanol–water partition coefficient (Wildman–Crippen LogP) is 2.23. The first kappa shape index (κ1) is 28.4. The molecule has 0 bridgehead atoms. The lowest BCUT2D eigenvalue weighted by atomic mass is 9.96. The van der Waals surface area contributed by atoms with Gasteiger partial charge in [0.15, 0.2) is 0 Å². The molecule has 10 heteroatoms. The van der Waals surface area contributed by atoms with Crippen LogP contribution in [0.4, 0.5) is 0 Å². The van der Waals surface area contributed by atoms with Gasteiger partial charge in [-0.25, -0.2) is 14.2 Å². The molecular weight excluding hydrogens is 488 g/mol. The van der Waals surface area contributed by atoms with E-state index in [9.17, 15) is 29.1 Å². The summed E-state index contributed by atoms with van der Waals surface area (Å²) in [5, 5.41) is 15.0. The molecule has 4 atom stereocenters. The molecular formula is C28H34N4O6. The van der Waals surface area contributed by atoms with Crippen molar-refractivity contribution >= 4 is 28.7 Å². The molecule has 1 heterocycles. The zero-order valence-corrected chi connectivity index (χ0v) is 21.9. The smallest absolute Gasteiger partial charge is 0.329 e. The first-order valence-electron chi connectivity index (χ1n) is 12.7. The number of H-pyrrole nitrogens is 1. The average Bonchev–Trinajstić information content (AvgIpc) is 2.89. The zero-order chi connectivity index (χ0) is 28.0. The number of carbonyl (C=O) groups excluding carboxylic acids is 2. The van der Waals surface area contributed by atoms with Gasteiger partial charge >= 0.3 is 11.7 Å². The van der Waals surface area contributed by atoms with Crippen LogP contribution in [0.15, 0.2) is 64.2 Å². The maximum Gasteiger partial charge on any atom is 0.329 e. The van der Waals surface area contributed by atoms with E-state index >= 15 is 0 Å². The van der Waals surface area contributed by atoms with E-state index in [4.69, 9.17) is 0 Å². The van der Waals surface area contributed by atoms with Crippen molar-refractivity contribution < 1.29 is 19.5 Å². The molecule has 2 aromatic carbocycles. The number of hydrogen-bond donors (Lipinski definition) is 4. The Bertz CT molecular complexity index is 1410. The number of rotatable bonds is 11. The number of nitrogens with zero attached hydrogens (tertiary/aromatic N) is 1. The highest BCUT2D eigenvalue weighted by Crippen LogP contribution is 2.16. The number of aliphatic carboxylic acids is 1. The number of benzene rings is 2. The zero-order valence-electron chi connectivity index (χ0n) is 21.9. The molecule has 3 rings (SSSR count). The summed E-state index contributed by atoms with van der Waals surface area (Å²) in [6.45, 7) is 6.94. The van der Waals surface area contributed by atoms with E-state index in [-0.39, 0.29) is 23.6 Å². The van der Waals surface area contributed by atoms with Crippen molar-refractivity contribution in [2.75, 3.05) is 0 Å². The minimum atomic E-state index is -1.27. The van der Waals surface area contributed by atoms with Gasteiger partial charge in [-0.15, -0.1) is 0 Å². The Kier molecular flexibility index (Phi) is 9.22. The van der Waals surface area contributed by atoms with Crippen molar-refractivity contribution in [3.05, 3.63) is 81.0 Å². The Labute approximate surface area is 220 Å². The van der Waals surface area contributed by atoms with Gasteiger partial charge in [0.25, 0.3) is 5.56 Å². The number of carbonyl (C=O) groups is 3. The van der Waals surface area contributed by atoms with Gasteiger partial charge in [0.1, 0.15) is 18.1 Å². The van der Waals surface area contributed by atoms with Crippen molar-refractivity contribution in [1.82, 2.24) is 20.2 Å². The molecule has 0 fully saturated rings. The number of hydrogen-bond acceptors (Lipinski definition) is 5. The minimum absolute atomic E-state index is 0.0204. The molecule has 0 saturated carbocycles. The monoisotopic (exact) mass is 522 g/mol. The molecule has 3 aromatic rings. The van der Waals surface area contributed by atoms with Gasteiger partial charge in [-0.1, -0.05) is 76.6 Å². The van der Waals surface area contributed by atoms with E-state index in [1.54, 1.807) is 69.3 Å². The van der Waals surface area contributed by atoms with Gasteiger partial charge < -0.3 is 20.7 Å². The van der Waals surface area contributed by atoms with Crippen molar-refractivity contribution in [1.29, 1.82) is 0 Å². The second-order valence-electron chi connectivity index (χ2n) is 9.80. The second-order valence-corrected chi connectivity index (χ2v) is 9.80. The lowest BCUT2D eigenvalue weighted by Crippen LogP contribution is -2.57.